The Hall–Kier alpha value is -3.72. The molecule has 166 valence electrons. The van der Waals surface area contributed by atoms with Gasteiger partial charge in [-0.3, -0.25) is 9.59 Å². The summed E-state index contributed by atoms with van der Waals surface area (Å²) < 4.78 is 0.892. The van der Waals surface area contributed by atoms with Crippen molar-refractivity contribution >= 4 is 34.0 Å². The molecule has 1 aromatic heterocycles. The van der Waals surface area contributed by atoms with Crippen LogP contribution in [0.25, 0.3) is 10.8 Å². The number of amides is 1. The average molecular weight is 435 g/mol. The lowest BCUT2D eigenvalue weighted by Gasteiger charge is -2.35. The molecule has 1 aliphatic rings. The number of carbonyl (C=O) groups excluding carboxylic acids is 1. The molecule has 9 heteroatoms. The van der Waals surface area contributed by atoms with Crippen LogP contribution in [-0.4, -0.2) is 64.4 Å². The lowest BCUT2D eigenvalue weighted by molar-refractivity contribution is -0.117. The Morgan fingerprint density at radius 3 is 2.28 bits per heavy atom. The van der Waals surface area contributed by atoms with E-state index in [-0.39, 0.29) is 23.0 Å². The van der Waals surface area contributed by atoms with Crippen LogP contribution in [0.1, 0.15) is 17.4 Å². The minimum atomic E-state index is -1.26. The third-order valence-corrected chi connectivity index (χ3v) is 5.70. The molecule has 0 atom stereocenters. The van der Waals surface area contributed by atoms with Crippen LogP contribution >= 0.6 is 0 Å². The molecule has 2 N–H and O–H groups in total. The second kappa shape index (κ2) is 9.19. The summed E-state index contributed by atoms with van der Waals surface area (Å²) in [6, 6.07) is 13.9. The van der Waals surface area contributed by atoms with E-state index in [1.165, 1.54) is 12.1 Å². The van der Waals surface area contributed by atoms with E-state index in [4.69, 9.17) is 0 Å². The average Bonchev–Trinajstić information content (AvgIpc) is 2.81. The maximum atomic E-state index is 12.7. The summed E-state index contributed by atoms with van der Waals surface area (Å²) in [4.78, 5) is 41.5. The minimum absolute atomic E-state index is 0.209. The van der Waals surface area contributed by atoms with Gasteiger partial charge in [0.15, 0.2) is 5.69 Å². The molecule has 4 rings (SSSR count). The lowest BCUT2D eigenvalue weighted by atomic mass is 10.1. The molecule has 2 aromatic carbocycles. The zero-order chi connectivity index (χ0) is 22.7. The number of hydrogen-bond acceptors (Lipinski definition) is 6. The summed E-state index contributed by atoms with van der Waals surface area (Å²) in [7, 11) is 0. The molecule has 0 radical (unpaired) electrons. The number of carboxylic acid groups (broad SMARTS) is 1. The van der Waals surface area contributed by atoms with Gasteiger partial charge in [0.25, 0.3) is 5.56 Å². The van der Waals surface area contributed by atoms with Crippen molar-refractivity contribution in [3.05, 3.63) is 64.6 Å². The number of aromatic carboxylic acids is 1. The number of aromatic nitrogens is 2. The largest absolute Gasteiger partial charge is 0.476 e. The number of fused-ring (bicyclic) bond motifs is 1. The second-order valence-electron chi connectivity index (χ2n) is 7.68. The van der Waals surface area contributed by atoms with Gasteiger partial charge in [-0.15, -0.1) is 0 Å². The number of carboxylic acids is 1. The molecule has 1 saturated heterocycles. The monoisotopic (exact) mass is 435 g/mol. The number of hydrogen-bond donors (Lipinski definition) is 2. The zero-order valence-corrected chi connectivity index (χ0v) is 17.8. The first-order chi connectivity index (χ1) is 15.5. The van der Waals surface area contributed by atoms with Crippen molar-refractivity contribution in [2.24, 2.45) is 0 Å². The van der Waals surface area contributed by atoms with Crippen LogP contribution in [0.3, 0.4) is 0 Å². The Bertz CT molecular complexity index is 1200. The Kier molecular flexibility index (Phi) is 6.18. The van der Waals surface area contributed by atoms with E-state index in [2.05, 4.69) is 27.1 Å². The highest BCUT2D eigenvalue weighted by atomic mass is 16.4. The van der Waals surface area contributed by atoms with Crippen LogP contribution in [0, 0.1) is 0 Å². The lowest BCUT2D eigenvalue weighted by Crippen LogP contribution is -2.46. The van der Waals surface area contributed by atoms with Gasteiger partial charge in [0, 0.05) is 42.9 Å². The van der Waals surface area contributed by atoms with E-state index in [0.717, 1.165) is 43.1 Å². The first-order valence-electron chi connectivity index (χ1n) is 10.6. The normalized spacial score (nSPS) is 14.5. The van der Waals surface area contributed by atoms with Crippen LogP contribution in [0.5, 0.6) is 0 Å². The van der Waals surface area contributed by atoms with E-state index in [9.17, 15) is 19.5 Å². The molecule has 2 heterocycles. The minimum Gasteiger partial charge on any atom is -0.476 e. The fourth-order valence-corrected chi connectivity index (χ4v) is 3.91. The summed E-state index contributed by atoms with van der Waals surface area (Å²) in [5.74, 6) is -1.72. The summed E-state index contributed by atoms with van der Waals surface area (Å²) >= 11 is 0. The first kappa shape index (κ1) is 21.5. The Labute approximate surface area is 184 Å². The number of carbonyl (C=O) groups is 2. The van der Waals surface area contributed by atoms with Crippen molar-refractivity contribution in [1.29, 1.82) is 0 Å². The van der Waals surface area contributed by atoms with Crippen molar-refractivity contribution < 1.29 is 14.7 Å². The number of nitrogens with zero attached hydrogens (tertiary/aromatic N) is 4. The highest BCUT2D eigenvalue weighted by molar-refractivity contribution is 6.01. The van der Waals surface area contributed by atoms with Gasteiger partial charge in [-0.2, -0.15) is 5.10 Å². The van der Waals surface area contributed by atoms with Gasteiger partial charge in [-0.1, -0.05) is 25.1 Å². The number of nitrogens with one attached hydrogen (secondary N) is 1. The highest BCUT2D eigenvalue weighted by Gasteiger charge is 2.18. The van der Waals surface area contributed by atoms with Crippen LogP contribution in [0.2, 0.25) is 0 Å². The third kappa shape index (κ3) is 4.47. The standard InChI is InChI=1S/C23H25N5O4/c1-2-26-11-13-27(14-12-26)17-9-7-16(8-10-17)24-20(29)15-28-22(30)19-6-4-3-5-18(19)21(25-28)23(31)32/h3-10H,2,11-15H2,1H3,(H,24,29)(H,31,32). The van der Waals surface area contributed by atoms with Crippen molar-refractivity contribution in [2.45, 2.75) is 13.5 Å². The van der Waals surface area contributed by atoms with Gasteiger partial charge >= 0.3 is 5.97 Å². The van der Waals surface area contributed by atoms with Gasteiger partial charge in [0.05, 0.1) is 5.39 Å². The van der Waals surface area contributed by atoms with Gasteiger partial charge in [-0.05, 0) is 36.9 Å². The molecular weight excluding hydrogens is 410 g/mol. The number of piperazine rings is 1. The maximum absolute atomic E-state index is 12.7. The SMILES string of the molecule is CCN1CCN(c2ccc(NC(=O)Cn3nc(C(=O)O)c4ccccc4c3=O)cc2)CC1. The molecule has 1 fully saturated rings. The second-order valence-corrected chi connectivity index (χ2v) is 7.68. The van der Waals surface area contributed by atoms with Gasteiger partial charge in [-0.25, -0.2) is 9.48 Å². The van der Waals surface area contributed by atoms with Crippen molar-refractivity contribution in [1.82, 2.24) is 14.7 Å². The molecule has 3 aromatic rings. The predicted octanol–water partition coefficient (Wildman–Crippen LogP) is 1.88. The quantitative estimate of drug-likeness (QED) is 0.609. The highest BCUT2D eigenvalue weighted by Crippen LogP contribution is 2.20. The van der Waals surface area contributed by atoms with Gasteiger partial charge < -0.3 is 20.2 Å². The number of anilines is 2. The van der Waals surface area contributed by atoms with Crippen LogP contribution in [-0.2, 0) is 11.3 Å². The first-order valence-corrected chi connectivity index (χ1v) is 10.6. The molecule has 0 unspecified atom stereocenters. The Morgan fingerprint density at radius 2 is 1.66 bits per heavy atom. The van der Waals surface area contributed by atoms with Gasteiger partial charge in [0.1, 0.15) is 6.54 Å². The molecule has 0 saturated carbocycles. The molecular formula is C23H25N5O4. The fraction of sp³-hybridized carbons (Fsp3) is 0.304. The molecule has 32 heavy (non-hydrogen) atoms. The van der Waals surface area contributed by atoms with E-state index in [1.54, 1.807) is 12.1 Å². The summed E-state index contributed by atoms with van der Waals surface area (Å²) in [5.41, 5.74) is 0.915. The molecule has 1 amide bonds. The van der Waals surface area contributed by atoms with Crippen molar-refractivity contribution in [3.8, 4) is 0 Å². The summed E-state index contributed by atoms with van der Waals surface area (Å²) in [6.45, 7) is 6.81. The van der Waals surface area contributed by atoms with Crippen LogP contribution in [0.15, 0.2) is 53.3 Å². The molecule has 0 bridgehead atoms. The molecule has 0 aliphatic carbocycles. The Morgan fingerprint density at radius 1 is 1.00 bits per heavy atom. The summed E-state index contributed by atoms with van der Waals surface area (Å²) in [5, 5.41) is 16.6. The zero-order valence-electron chi connectivity index (χ0n) is 17.8. The maximum Gasteiger partial charge on any atom is 0.357 e. The molecule has 9 nitrogen and oxygen atoms in total. The van der Waals surface area contributed by atoms with Crippen molar-refractivity contribution in [2.75, 3.05) is 42.9 Å². The molecule has 0 spiro atoms. The van der Waals surface area contributed by atoms with Crippen molar-refractivity contribution in [3.63, 3.8) is 0 Å². The van der Waals surface area contributed by atoms with Crippen LogP contribution in [0.4, 0.5) is 11.4 Å². The van der Waals surface area contributed by atoms with E-state index < -0.39 is 17.4 Å². The predicted molar refractivity (Wildman–Crippen MR) is 122 cm³/mol. The van der Waals surface area contributed by atoms with Gasteiger partial charge in [0.2, 0.25) is 5.91 Å². The Balaban J connectivity index is 1.46. The number of rotatable bonds is 6. The number of benzene rings is 2. The van der Waals surface area contributed by atoms with E-state index in [1.807, 2.05) is 24.3 Å². The number of likely N-dealkylation sites (N-methyl/N-ethyl adjacent to an activating group) is 1. The third-order valence-electron chi connectivity index (χ3n) is 5.70. The topological polar surface area (TPSA) is 108 Å². The summed E-state index contributed by atoms with van der Waals surface area (Å²) in [6.07, 6.45) is 0. The molecule has 1 aliphatic heterocycles. The van der Waals surface area contributed by atoms with E-state index in [0.29, 0.717) is 5.69 Å². The fourth-order valence-electron chi connectivity index (χ4n) is 3.91. The smallest absolute Gasteiger partial charge is 0.357 e. The van der Waals surface area contributed by atoms with Crippen LogP contribution < -0.4 is 15.8 Å². The van der Waals surface area contributed by atoms with E-state index >= 15 is 0 Å².